The standard InChI is InChI=1S/C34H37F3N4O9S/c1-22-6-16-27(17-7-22)51(45,46)49-19-18-48-26-14-10-23(11-15-26)20-28(39-40-38)30(42)41(32(44)50-33(2,3)4)29(31(43)47-5)21-24-8-12-25(13-9-24)34(35,36)37/h6-17,28-29H,18-21H2,1-5H3/t28-,29-/m0/s1. The number of ether oxygens (including phenoxy) is 3. The zero-order valence-electron chi connectivity index (χ0n) is 28.4. The number of imide groups is 1. The molecule has 51 heavy (non-hydrogen) atoms. The predicted octanol–water partition coefficient (Wildman–Crippen LogP) is 6.57. The van der Waals surface area contributed by atoms with Crippen molar-refractivity contribution in [2.45, 2.75) is 69.3 Å². The second-order valence-electron chi connectivity index (χ2n) is 12.1. The van der Waals surface area contributed by atoms with Crippen LogP contribution in [0.4, 0.5) is 18.0 Å². The zero-order valence-corrected chi connectivity index (χ0v) is 29.2. The monoisotopic (exact) mass is 734 g/mol. The van der Waals surface area contributed by atoms with E-state index >= 15 is 0 Å². The van der Waals surface area contributed by atoms with E-state index in [0.717, 1.165) is 36.9 Å². The highest BCUT2D eigenvalue weighted by atomic mass is 32.2. The molecule has 0 spiro atoms. The fraction of sp³-hybridized carbons (Fsp3) is 0.382. The van der Waals surface area contributed by atoms with E-state index in [4.69, 9.17) is 18.4 Å². The highest BCUT2D eigenvalue weighted by Crippen LogP contribution is 2.30. The van der Waals surface area contributed by atoms with Crippen LogP contribution in [0.5, 0.6) is 5.75 Å². The van der Waals surface area contributed by atoms with Gasteiger partial charge in [0.15, 0.2) is 0 Å². The molecule has 2 atom stereocenters. The number of hydrogen-bond donors (Lipinski definition) is 0. The van der Waals surface area contributed by atoms with E-state index < -0.39 is 63.9 Å². The molecule has 3 aromatic carbocycles. The molecule has 3 rings (SSSR count). The van der Waals surface area contributed by atoms with E-state index in [-0.39, 0.29) is 30.1 Å². The molecule has 0 aromatic heterocycles. The van der Waals surface area contributed by atoms with Gasteiger partial charge in [-0.1, -0.05) is 47.1 Å². The SMILES string of the molecule is COC(=O)[C@H](Cc1ccc(C(F)(F)F)cc1)N(C(=O)OC(C)(C)C)C(=O)[C@H](Cc1ccc(OCCOS(=O)(=O)c2ccc(C)cc2)cc1)N=[N+]=[N-]. The maximum absolute atomic E-state index is 14.0. The predicted molar refractivity (Wildman–Crippen MR) is 177 cm³/mol. The van der Waals surface area contributed by atoms with E-state index in [9.17, 15) is 41.5 Å². The van der Waals surface area contributed by atoms with Crippen LogP contribution < -0.4 is 4.74 Å². The molecule has 0 N–H and O–H groups in total. The summed E-state index contributed by atoms with van der Waals surface area (Å²) < 4.78 is 85.0. The van der Waals surface area contributed by atoms with Crippen molar-refractivity contribution in [2.24, 2.45) is 5.11 Å². The summed E-state index contributed by atoms with van der Waals surface area (Å²) in [5, 5.41) is 3.57. The third-order valence-corrected chi connectivity index (χ3v) is 8.38. The number of hydrogen-bond acceptors (Lipinski definition) is 10. The molecule has 3 aromatic rings. The summed E-state index contributed by atoms with van der Waals surface area (Å²) in [6, 6.07) is 12.7. The van der Waals surface area contributed by atoms with Crippen molar-refractivity contribution >= 4 is 28.1 Å². The van der Waals surface area contributed by atoms with Gasteiger partial charge in [0.25, 0.3) is 10.1 Å². The molecule has 17 heteroatoms. The number of azide groups is 1. The number of carbonyl (C=O) groups excluding carboxylic acids is 3. The number of benzene rings is 3. The minimum absolute atomic E-state index is 0.00399. The Morgan fingerprint density at radius 2 is 1.45 bits per heavy atom. The second-order valence-corrected chi connectivity index (χ2v) is 13.7. The van der Waals surface area contributed by atoms with Crippen LogP contribution in [-0.2, 0) is 52.4 Å². The number of esters is 1. The fourth-order valence-electron chi connectivity index (χ4n) is 4.57. The van der Waals surface area contributed by atoms with Crippen LogP contribution in [0.15, 0.2) is 82.8 Å². The summed E-state index contributed by atoms with van der Waals surface area (Å²) in [7, 11) is -2.98. The minimum atomic E-state index is -4.62. The second kappa shape index (κ2) is 17.2. The number of nitrogens with zero attached hydrogens (tertiary/aromatic N) is 4. The lowest BCUT2D eigenvalue weighted by Crippen LogP contribution is -2.54. The Bertz CT molecular complexity index is 1820. The molecule has 0 heterocycles. The summed E-state index contributed by atoms with van der Waals surface area (Å²) >= 11 is 0. The van der Waals surface area contributed by atoms with Gasteiger partial charge >= 0.3 is 18.2 Å². The zero-order chi connectivity index (χ0) is 38.0. The number of halogens is 3. The Morgan fingerprint density at radius 1 is 0.882 bits per heavy atom. The van der Waals surface area contributed by atoms with Crippen molar-refractivity contribution in [3.8, 4) is 5.75 Å². The van der Waals surface area contributed by atoms with Gasteiger partial charge in [-0.05, 0) is 87.2 Å². The van der Waals surface area contributed by atoms with Gasteiger partial charge in [-0.3, -0.25) is 8.98 Å². The topological polar surface area (TPSA) is 174 Å². The Labute approximate surface area is 293 Å². The lowest BCUT2D eigenvalue weighted by atomic mass is 10.0. The van der Waals surface area contributed by atoms with Gasteiger partial charge in [0.2, 0.25) is 5.91 Å². The van der Waals surface area contributed by atoms with Crippen LogP contribution in [0.2, 0.25) is 0 Å². The molecule has 13 nitrogen and oxygen atoms in total. The first kappa shape index (κ1) is 40.3. The van der Waals surface area contributed by atoms with Crippen LogP contribution >= 0.6 is 0 Å². The molecular weight excluding hydrogens is 697 g/mol. The first-order chi connectivity index (χ1) is 23.8. The average Bonchev–Trinajstić information content (AvgIpc) is 3.05. The molecule has 0 saturated carbocycles. The number of carbonyl (C=O) groups is 3. The quantitative estimate of drug-likeness (QED) is 0.0443. The van der Waals surface area contributed by atoms with Crippen LogP contribution in [0.25, 0.3) is 10.4 Å². The normalized spacial score (nSPS) is 12.9. The smallest absolute Gasteiger partial charge is 0.417 e. The number of aryl methyl sites for hydroxylation is 1. The van der Waals surface area contributed by atoms with E-state index in [1.54, 1.807) is 12.1 Å². The molecule has 0 radical (unpaired) electrons. The first-order valence-electron chi connectivity index (χ1n) is 15.4. The molecule has 0 aliphatic rings. The van der Waals surface area contributed by atoms with Crippen LogP contribution in [0, 0.1) is 6.92 Å². The lowest BCUT2D eigenvalue weighted by Gasteiger charge is -2.32. The average molecular weight is 735 g/mol. The van der Waals surface area contributed by atoms with E-state index in [2.05, 4.69) is 10.0 Å². The number of amides is 2. The maximum atomic E-state index is 14.0. The summed E-state index contributed by atoms with van der Waals surface area (Å²) in [5.41, 5.74) is 8.70. The number of methoxy groups -OCH3 is 1. The molecule has 2 amide bonds. The van der Waals surface area contributed by atoms with Gasteiger partial charge < -0.3 is 14.2 Å². The minimum Gasteiger partial charge on any atom is -0.491 e. The van der Waals surface area contributed by atoms with Gasteiger partial charge in [0.05, 0.1) is 17.6 Å². The van der Waals surface area contributed by atoms with Crippen molar-refractivity contribution in [2.75, 3.05) is 20.3 Å². The summed E-state index contributed by atoms with van der Waals surface area (Å²) in [4.78, 5) is 43.6. The van der Waals surface area contributed by atoms with Gasteiger partial charge in [-0.25, -0.2) is 14.5 Å². The third-order valence-electron chi connectivity index (χ3n) is 7.05. The maximum Gasteiger partial charge on any atom is 0.417 e. The molecule has 0 aliphatic heterocycles. The molecule has 0 aliphatic carbocycles. The Hall–Kier alpha value is -5.12. The molecule has 0 saturated heterocycles. The molecular formula is C34H37F3N4O9S. The van der Waals surface area contributed by atoms with Crippen molar-refractivity contribution in [3.05, 3.63) is 105 Å². The van der Waals surface area contributed by atoms with Crippen LogP contribution in [0.1, 0.15) is 43.0 Å². The third kappa shape index (κ3) is 12.0. The summed E-state index contributed by atoms with van der Waals surface area (Å²) in [6.07, 6.45) is -6.59. The summed E-state index contributed by atoms with van der Waals surface area (Å²) in [5.74, 6) is -1.89. The molecule has 274 valence electrons. The van der Waals surface area contributed by atoms with Crippen molar-refractivity contribution in [1.29, 1.82) is 0 Å². The first-order valence-corrected chi connectivity index (χ1v) is 16.8. The highest BCUT2D eigenvalue weighted by molar-refractivity contribution is 7.86. The Balaban J connectivity index is 1.79. The van der Waals surface area contributed by atoms with Crippen LogP contribution in [0.3, 0.4) is 0 Å². The number of rotatable bonds is 14. The molecule has 0 unspecified atom stereocenters. The van der Waals surface area contributed by atoms with E-state index in [1.165, 1.54) is 57.2 Å². The largest absolute Gasteiger partial charge is 0.491 e. The highest BCUT2D eigenvalue weighted by Gasteiger charge is 2.41. The molecule has 0 bridgehead atoms. The Morgan fingerprint density at radius 3 is 1.98 bits per heavy atom. The Kier molecular flexibility index (Phi) is 13.6. The molecule has 0 fully saturated rings. The van der Waals surface area contributed by atoms with Gasteiger partial charge in [-0.2, -0.15) is 21.6 Å². The van der Waals surface area contributed by atoms with Gasteiger partial charge in [-0.15, -0.1) is 0 Å². The van der Waals surface area contributed by atoms with E-state index in [1.807, 2.05) is 6.92 Å². The lowest BCUT2D eigenvalue weighted by molar-refractivity contribution is -0.152. The number of alkyl halides is 3. The summed E-state index contributed by atoms with van der Waals surface area (Å²) in [6.45, 7) is 5.96. The van der Waals surface area contributed by atoms with Gasteiger partial charge in [0.1, 0.15) is 36.6 Å². The van der Waals surface area contributed by atoms with E-state index in [0.29, 0.717) is 16.2 Å². The van der Waals surface area contributed by atoms with Crippen molar-refractivity contribution in [3.63, 3.8) is 0 Å². The van der Waals surface area contributed by atoms with Crippen molar-refractivity contribution in [1.82, 2.24) is 4.90 Å². The van der Waals surface area contributed by atoms with Crippen LogP contribution in [-0.4, -0.2) is 69.3 Å². The fourth-order valence-corrected chi connectivity index (χ4v) is 5.47. The van der Waals surface area contributed by atoms with Gasteiger partial charge in [0, 0.05) is 11.3 Å². The van der Waals surface area contributed by atoms with Crippen molar-refractivity contribution < 1.29 is 54.4 Å².